The van der Waals surface area contributed by atoms with Gasteiger partial charge in [0.25, 0.3) is 0 Å². The zero-order valence-corrected chi connectivity index (χ0v) is 11.7. The summed E-state index contributed by atoms with van der Waals surface area (Å²) >= 11 is 0. The molecule has 18 heavy (non-hydrogen) atoms. The minimum Gasteiger partial charge on any atom is -0.459 e. The highest BCUT2D eigenvalue weighted by molar-refractivity contribution is 5.82. The fourth-order valence-electron chi connectivity index (χ4n) is 2.26. The molecule has 0 aliphatic rings. The number of hydrogen-bond acceptors (Lipinski definition) is 2. The maximum absolute atomic E-state index is 5.90. The van der Waals surface area contributed by atoms with Gasteiger partial charge in [0.2, 0.25) is 0 Å². The molecule has 0 saturated carbocycles. The molecule has 0 unspecified atom stereocenters. The largest absolute Gasteiger partial charge is 0.459 e. The quantitative estimate of drug-likeness (QED) is 0.825. The van der Waals surface area contributed by atoms with E-state index < -0.39 is 0 Å². The monoisotopic (exact) mass is 245 g/mol. The van der Waals surface area contributed by atoms with Gasteiger partial charge in [-0.15, -0.1) is 0 Å². The van der Waals surface area contributed by atoms with Crippen LogP contribution in [-0.4, -0.2) is 6.54 Å². The average molecular weight is 245 g/mol. The van der Waals surface area contributed by atoms with Crippen LogP contribution in [0.25, 0.3) is 11.0 Å². The predicted molar refractivity (Wildman–Crippen MR) is 76.9 cm³/mol. The van der Waals surface area contributed by atoms with Gasteiger partial charge in [0.15, 0.2) is 0 Å². The van der Waals surface area contributed by atoms with E-state index in [1.54, 1.807) is 0 Å². The molecule has 0 atom stereocenters. The van der Waals surface area contributed by atoms with Gasteiger partial charge in [-0.25, -0.2) is 0 Å². The third-order valence-electron chi connectivity index (χ3n) is 3.45. The van der Waals surface area contributed by atoms with Crippen molar-refractivity contribution in [1.29, 1.82) is 0 Å². The Morgan fingerprint density at radius 1 is 1.22 bits per heavy atom. The topological polar surface area (TPSA) is 25.2 Å². The van der Waals surface area contributed by atoms with Gasteiger partial charge in [0.1, 0.15) is 11.3 Å². The van der Waals surface area contributed by atoms with Gasteiger partial charge >= 0.3 is 0 Å². The lowest BCUT2D eigenvalue weighted by molar-refractivity contribution is 0.516. The molecular formula is C16H23NO. The van der Waals surface area contributed by atoms with Crippen LogP contribution in [0.3, 0.4) is 0 Å². The molecule has 0 aliphatic carbocycles. The maximum atomic E-state index is 5.90. The van der Waals surface area contributed by atoms with Crippen molar-refractivity contribution in [3.05, 3.63) is 35.1 Å². The van der Waals surface area contributed by atoms with Crippen LogP contribution in [0.2, 0.25) is 0 Å². The van der Waals surface area contributed by atoms with Crippen LogP contribution in [-0.2, 0) is 13.0 Å². The molecule has 0 bridgehead atoms. The number of furan rings is 1. The molecule has 0 aliphatic heterocycles. The van der Waals surface area contributed by atoms with Crippen molar-refractivity contribution in [3.63, 3.8) is 0 Å². The fraction of sp³-hybridized carbons (Fsp3) is 0.500. The first kappa shape index (κ1) is 13.2. The Bertz CT molecular complexity index is 513. The number of aryl methyl sites for hydroxylation is 2. The second-order valence-electron chi connectivity index (χ2n) is 4.86. The van der Waals surface area contributed by atoms with Gasteiger partial charge in [0, 0.05) is 5.39 Å². The number of hydrogen-bond donors (Lipinski definition) is 1. The summed E-state index contributed by atoms with van der Waals surface area (Å²) in [4.78, 5) is 0. The van der Waals surface area contributed by atoms with Crippen molar-refractivity contribution in [2.75, 3.05) is 6.54 Å². The van der Waals surface area contributed by atoms with Crippen molar-refractivity contribution in [2.45, 2.75) is 46.6 Å². The van der Waals surface area contributed by atoms with Crippen LogP contribution < -0.4 is 5.32 Å². The summed E-state index contributed by atoms with van der Waals surface area (Å²) in [5.41, 5.74) is 3.72. The van der Waals surface area contributed by atoms with E-state index in [0.29, 0.717) is 0 Å². The third-order valence-corrected chi connectivity index (χ3v) is 3.45. The third kappa shape index (κ3) is 2.75. The zero-order chi connectivity index (χ0) is 13.0. The minimum atomic E-state index is 0.821. The van der Waals surface area contributed by atoms with Crippen LogP contribution in [0.1, 0.15) is 43.6 Å². The van der Waals surface area contributed by atoms with Gasteiger partial charge in [-0.05, 0) is 49.6 Å². The first-order chi connectivity index (χ1) is 8.76. The van der Waals surface area contributed by atoms with Crippen LogP contribution >= 0.6 is 0 Å². The molecule has 2 nitrogen and oxygen atoms in total. The van der Waals surface area contributed by atoms with Crippen LogP contribution in [0.5, 0.6) is 0 Å². The summed E-state index contributed by atoms with van der Waals surface area (Å²) in [6, 6.07) is 6.60. The Morgan fingerprint density at radius 2 is 2.06 bits per heavy atom. The molecule has 1 heterocycles. The number of nitrogens with one attached hydrogen (secondary N) is 1. The van der Waals surface area contributed by atoms with E-state index >= 15 is 0 Å². The van der Waals surface area contributed by atoms with E-state index in [2.05, 4.69) is 44.3 Å². The average Bonchev–Trinajstić information content (AvgIpc) is 2.71. The highest BCUT2D eigenvalue weighted by atomic mass is 16.3. The zero-order valence-electron chi connectivity index (χ0n) is 11.7. The summed E-state index contributed by atoms with van der Waals surface area (Å²) in [5, 5.41) is 4.60. The van der Waals surface area contributed by atoms with E-state index in [4.69, 9.17) is 4.42 Å². The number of rotatable bonds is 6. The maximum Gasteiger partial charge on any atom is 0.134 e. The summed E-state index contributed by atoms with van der Waals surface area (Å²) in [5.74, 6) is 1.07. The van der Waals surface area contributed by atoms with Crippen molar-refractivity contribution in [3.8, 4) is 0 Å². The normalized spacial score (nSPS) is 11.3. The first-order valence-electron chi connectivity index (χ1n) is 6.97. The molecule has 0 spiro atoms. The molecule has 2 rings (SSSR count). The molecule has 2 aromatic rings. The van der Waals surface area contributed by atoms with E-state index in [0.717, 1.165) is 24.4 Å². The lowest BCUT2D eigenvalue weighted by atomic mass is 10.0. The smallest absolute Gasteiger partial charge is 0.134 e. The van der Waals surface area contributed by atoms with Crippen molar-refractivity contribution >= 4 is 11.0 Å². The van der Waals surface area contributed by atoms with Crippen molar-refractivity contribution in [2.24, 2.45) is 0 Å². The molecule has 1 aromatic heterocycles. The van der Waals surface area contributed by atoms with Gasteiger partial charge in [-0.2, -0.15) is 0 Å². The van der Waals surface area contributed by atoms with Crippen molar-refractivity contribution in [1.82, 2.24) is 5.32 Å². The number of benzene rings is 1. The van der Waals surface area contributed by atoms with Crippen LogP contribution in [0, 0.1) is 6.92 Å². The second kappa shape index (κ2) is 6.05. The minimum absolute atomic E-state index is 0.821. The molecule has 0 amide bonds. The molecule has 0 fully saturated rings. The molecule has 1 aromatic carbocycles. The van der Waals surface area contributed by atoms with E-state index in [9.17, 15) is 0 Å². The van der Waals surface area contributed by atoms with E-state index in [1.807, 2.05) is 0 Å². The van der Waals surface area contributed by atoms with Crippen molar-refractivity contribution < 1.29 is 4.42 Å². The Morgan fingerprint density at radius 3 is 2.78 bits per heavy atom. The first-order valence-corrected chi connectivity index (χ1v) is 6.97. The summed E-state index contributed by atoms with van der Waals surface area (Å²) in [6.45, 7) is 8.29. The highest BCUT2D eigenvalue weighted by Gasteiger charge is 2.10. The number of fused-ring (bicyclic) bond motifs is 1. The lowest BCUT2D eigenvalue weighted by Crippen LogP contribution is -2.11. The molecular weight excluding hydrogens is 222 g/mol. The molecule has 1 N–H and O–H groups in total. The number of unbranched alkanes of at least 4 members (excludes halogenated alkanes) is 1. The van der Waals surface area contributed by atoms with Crippen LogP contribution in [0.4, 0.5) is 0 Å². The standard InChI is InChI=1S/C16H23NO/c1-4-6-7-13-8-9-15-14(10-13)12(3)16(18-15)11-17-5-2/h8-10,17H,4-7,11H2,1-3H3. The van der Waals surface area contributed by atoms with E-state index in [-0.39, 0.29) is 0 Å². The Hall–Kier alpha value is -1.28. The summed E-state index contributed by atoms with van der Waals surface area (Å²) in [6.07, 6.45) is 3.67. The molecule has 0 saturated heterocycles. The Balaban J connectivity index is 2.28. The predicted octanol–water partition coefficient (Wildman–Crippen LogP) is 4.19. The lowest BCUT2D eigenvalue weighted by Gasteiger charge is -2.00. The Labute approximate surface area is 109 Å². The van der Waals surface area contributed by atoms with Gasteiger partial charge < -0.3 is 9.73 Å². The van der Waals surface area contributed by atoms with Gasteiger partial charge in [0.05, 0.1) is 6.54 Å². The van der Waals surface area contributed by atoms with Crippen LogP contribution in [0.15, 0.2) is 22.6 Å². The molecule has 0 radical (unpaired) electrons. The highest BCUT2D eigenvalue weighted by Crippen LogP contribution is 2.26. The fourth-order valence-corrected chi connectivity index (χ4v) is 2.26. The van der Waals surface area contributed by atoms with E-state index in [1.165, 1.54) is 35.8 Å². The van der Waals surface area contributed by atoms with Gasteiger partial charge in [-0.1, -0.05) is 26.3 Å². The second-order valence-corrected chi connectivity index (χ2v) is 4.86. The summed E-state index contributed by atoms with van der Waals surface area (Å²) < 4.78 is 5.90. The Kier molecular flexibility index (Phi) is 4.43. The molecule has 2 heteroatoms. The van der Waals surface area contributed by atoms with Gasteiger partial charge in [-0.3, -0.25) is 0 Å². The SMILES string of the molecule is CCCCc1ccc2oc(CNCC)c(C)c2c1. The summed E-state index contributed by atoms with van der Waals surface area (Å²) in [7, 11) is 0. The molecule has 98 valence electrons.